The van der Waals surface area contributed by atoms with Crippen molar-refractivity contribution in [2.45, 2.75) is 20.3 Å². The van der Waals surface area contributed by atoms with E-state index in [4.69, 9.17) is 5.73 Å². The number of nitrogens with zero attached hydrogens (tertiary/aromatic N) is 3. The summed E-state index contributed by atoms with van der Waals surface area (Å²) >= 11 is 0. The molecule has 0 amide bonds. The second kappa shape index (κ2) is 5.06. The van der Waals surface area contributed by atoms with Gasteiger partial charge in [0.05, 0.1) is 5.69 Å². The Morgan fingerprint density at radius 1 is 1.15 bits per heavy atom. The summed E-state index contributed by atoms with van der Waals surface area (Å²) in [4.78, 5) is 9.16. The molecule has 3 aromatic rings. The third-order valence-corrected chi connectivity index (χ3v) is 3.67. The lowest BCUT2D eigenvalue weighted by molar-refractivity contribution is 0.841. The number of aromatic nitrogens is 3. The molecule has 0 saturated heterocycles. The molecule has 2 heterocycles. The second-order valence-corrected chi connectivity index (χ2v) is 4.97. The lowest BCUT2D eigenvalue weighted by atomic mass is 10.1. The van der Waals surface area contributed by atoms with E-state index in [0.717, 1.165) is 29.1 Å². The number of rotatable bonds is 3. The van der Waals surface area contributed by atoms with E-state index in [1.54, 1.807) is 6.20 Å². The number of hydrogen-bond donors (Lipinski definition) is 1. The number of imidazole rings is 1. The van der Waals surface area contributed by atoms with Gasteiger partial charge in [0.2, 0.25) is 0 Å². The van der Waals surface area contributed by atoms with Crippen LogP contribution in [0.25, 0.3) is 16.9 Å². The van der Waals surface area contributed by atoms with Crippen LogP contribution in [0.4, 0.5) is 0 Å². The van der Waals surface area contributed by atoms with Gasteiger partial charge in [0.15, 0.2) is 5.65 Å². The van der Waals surface area contributed by atoms with Crippen LogP contribution < -0.4 is 5.73 Å². The highest BCUT2D eigenvalue weighted by Crippen LogP contribution is 2.24. The Labute approximate surface area is 118 Å². The highest BCUT2D eigenvalue weighted by Gasteiger charge is 2.14. The maximum absolute atomic E-state index is 5.72. The van der Waals surface area contributed by atoms with Gasteiger partial charge in [-0.05, 0) is 49.7 Å². The molecule has 0 aliphatic rings. The summed E-state index contributed by atoms with van der Waals surface area (Å²) in [5.74, 6) is 0.968. The first kappa shape index (κ1) is 12.8. The number of pyridine rings is 1. The van der Waals surface area contributed by atoms with Gasteiger partial charge >= 0.3 is 0 Å². The van der Waals surface area contributed by atoms with Crippen molar-refractivity contribution < 1.29 is 0 Å². The first-order chi connectivity index (χ1) is 9.72. The number of fused-ring (bicyclic) bond motifs is 1. The first-order valence-electron chi connectivity index (χ1n) is 6.81. The third kappa shape index (κ3) is 1.98. The van der Waals surface area contributed by atoms with Crippen LogP contribution in [0, 0.1) is 13.8 Å². The molecular weight excluding hydrogens is 248 g/mol. The van der Waals surface area contributed by atoms with Crippen LogP contribution in [0.15, 0.2) is 36.5 Å². The standard InChI is InChI=1S/C16H18N4/c1-11-5-3-7-14(12(11)2)20-15(8-9-17)19-13-6-4-10-18-16(13)20/h3-7,10H,8-9,17H2,1-2H3. The number of nitrogens with two attached hydrogens (primary N) is 1. The minimum absolute atomic E-state index is 0.578. The monoisotopic (exact) mass is 266 g/mol. The number of benzene rings is 1. The van der Waals surface area contributed by atoms with Crippen LogP contribution in [0.3, 0.4) is 0 Å². The Hall–Kier alpha value is -2.20. The van der Waals surface area contributed by atoms with Crippen molar-refractivity contribution in [3.8, 4) is 5.69 Å². The summed E-state index contributed by atoms with van der Waals surface area (Å²) in [7, 11) is 0. The van der Waals surface area contributed by atoms with E-state index in [1.165, 1.54) is 11.1 Å². The van der Waals surface area contributed by atoms with E-state index in [0.29, 0.717) is 6.54 Å². The Morgan fingerprint density at radius 2 is 2.00 bits per heavy atom. The smallest absolute Gasteiger partial charge is 0.164 e. The highest BCUT2D eigenvalue weighted by molar-refractivity contribution is 5.74. The van der Waals surface area contributed by atoms with Crippen LogP contribution in [0.5, 0.6) is 0 Å². The second-order valence-electron chi connectivity index (χ2n) is 4.97. The number of hydrogen-bond acceptors (Lipinski definition) is 3. The molecule has 20 heavy (non-hydrogen) atoms. The summed E-state index contributed by atoms with van der Waals surface area (Å²) in [6.45, 7) is 4.83. The van der Waals surface area contributed by atoms with Crippen LogP contribution in [-0.4, -0.2) is 21.1 Å². The molecule has 0 spiro atoms. The maximum atomic E-state index is 5.72. The zero-order valence-corrected chi connectivity index (χ0v) is 11.8. The predicted molar refractivity (Wildman–Crippen MR) is 81.1 cm³/mol. The van der Waals surface area contributed by atoms with Gasteiger partial charge in [-0.3, -0.25) is 4.57 Å². The van der Waals surface area contributed by atoms with Crippen molar-refractivity contribution >= 4 is 11.2 Å². The van der Waals surface area contributed by atoms with E-state index in [2.05, 4.69) is 46.6 Å². The molecule has 4 nitrogen and oxygen atoms in total. The molecule has 0 fully saturated rings. The van der Waals surface area contributed by atoms with Gasteiger partial charge in [-0.15, -0.1) is 0 Å². The minimum atomic E-state index is 0.578. The van der Waals surface area contributed by atoms with Gasteiger partial charge in [-0.1, -0.05) is 12.1 Å². The summed E-state index contributed by atoms with van der Waals surface area (Å²) in [5.41, 5.74) is 11.2. The van der Waals surface area contributed by atoms with E-state index < -0.39 is 0 Å². The molecule has 1 aromatic carbocycles. The van der Waals surface area contributed by atoms with E-state index in [1.807, 2.05) is 12.1 Å². The minimum Gasteiger partial charge on any atom is -0.330 e. The van der Waals surface area contributed by atoms with E-state index in [9.17, 15) is 0 Å². The molecule has 2 N–H and O–H groups in total. The fourth-order valence-corrected chi connectivity index (χ4v) is 2.49. The third-order valence-electron chi connectivity index (χ3n) is 3.67. The summed E-state index contributed by atoms with van der Waals surface area (Å²) < 4.78 is 2.13. The lowest BCUT2D eigenvalue weighted by Gasteiger charge is -2.13. The molecule has 0 aliphatic heterocycles. The zero-order valence-electron chi connectivity index (χ0n) is 11.8. The Morgan fingerprint density at radius 3 is 2.80 bits per heavy atom. The summed E-state index contributed by atoms with van der Waals surface area (Å²) in [6.07, 6.45) is 2.54. The Balaban J connectivity index is 2.33. The summed E-state index contributed by atoms with van der Waals surface area (Å²) in [5, 5.41) is 0. The van der Waals surface area contributed by atoms with Gasteiger partial charge in [-0.2, -0.15) is 0 Å². The molecule has 0 radical (unpaired) electrons. The first-order valence-corrected chi connectivity index (χ1v) is 6.81. The maximum Gasteiger partial charge on any atom is 0.164 e. The van der Waals surface area contributed by atoms with Crippen LogP contribution >= 0.6 is 0 Å². The fourth-order valence-electron chi connectivity index (χ4n) is 2.49. The average Bonchev–Trinajstić information content (AvgIpc) is 2.80. The van der Waals surface area contributed by atoms with E-state index >= 15 is 0 Å². The Bertz CT molecular complexity index is 758. The molecule has 0 unspecified atom stereocenters. The SMILES string of the molecule is Cc1cccc(-n2c(CCN)nc3cccnc32)c1C. The van der Waals surface area contributed by atoms with Gasteiger partial charge in [0.25, 0.3) is 0 Å². The lowest BCUT2D eigenvalue weighted by Crippen LogP contribution is -2.10. The Kier molecular flexibility index (Phi) is 3.24. The van der Waals surface area contributed by atoms with Crippen molar-refractivity contribution in [2.24, 2.45) is 5.73 Å². The highest BCUT2D eigenvalue weighted by atomic mass is 15.1. The molecule has 0 aliphatic carbocycles. The molecule has 3 rings (SSSR count). The van der Waals surface area contributed by atoms with Gasteiger partial charge in [-0.25, -0.2) is 9.97 Å². The van der Waals surface area contributed by atoms with Crippen molar-refractivity contribution in [3.63, 3.8) is 0 Å². The number of aryl methyl sites for hydroxylation is 1. The molecule has 4 heteroatoms. The quantitative estimate of drug-likeness (QED) is 0.792. The van der Waals surface area contributed by atoms with Gasteiger partial charge < -0.3 is 5.73 Å². The van der Waals surface area contributed by atoms with Crippen LogP contribution in [0.1, 0.15) is 17.0 Å². The zero-order chi connectivity index (χ0) is 14.1. The van der Waals surface area contributed by atoms with Crippen molar-refractivity contribution in [1.82, 2.24) is 14.5 Å². The molecule has 102 valence electrons. The van der Waals surface area contributed by atoms with Gasteiger partial charge in [0, 0.05) is 12.6 Å². The van der Waals surface area contributed by atoms with Crippen molar-refractivity contribution in [1.29, 1.82) is 0 Å². The summed E-state index contributed by atoms with van der Waals surface area (Å²) in [6, 6.07) is 10.2. The fraction of sp³-hybridized carbons (Fsp3) is 0.250. The topological polar surface area (TPSA) is 56.7 Å². The van der Waals surface area contributed by atoms with Crippen LogP contribution in [0.2, 0.25) is 0 Å². The molecule has 2 aromatic heterocycles. The average molecular weight is 266 g/mol. The predicted octanol–water partition coefficient (Wildman–Crippen LogP) is 2.54. The normalized spacial score (nSPS) is 11.2. The van der Waals surface area contributed by atoms with Gasteiger partial charge in [0.1, 0.15) is 11.3 Å². The molecular formula is C16H18N4. The van der Waals surface area contributed by atoms with E-state index in [-0.39, 0.29) is 0 Å². The molecule has 0 atom stereocenters. The largest absolute Gasteiger partial charge is 0.330 e. The van der Waals surface area contributed by atoms with Crippen molar-refractivity contribution in [3.05, 3.63) is 53.5 Å². The van der Waals surface area contributed by atoms with Crippen LogP contribution in [-0.2, 0) is 6.42 Å². The van der Waals surface area contributed by atoms with Crippen molar-refractivity contribution in [2.75, 3.05) is 6.54 Å². The molecule has 0 saturated carbocycles. The molecule has 0 bridgehead atoms.